The van der Waals surface area contributed by atoms with Crippen molar-refractivity contribution in [2.24, 2.45) is 5.92 Å². The topological polar surface area (TPSA) is 20.2 Å². The summed E-state index contributed by atoms with van der Waals surface area (Å²) in [7, 11) is 0. The van der Waals surface area contributed by atoms with Crippen LogP contribution in [0.2, 0.25) is 0 Å². The zero-order valence-electron chi connectivity index (χ0n) is 8.44. The van der Waals surface area contributed by atoms with E-state index in [9.17, 15) is 13.9 Å². The molecule has 0 amide bonds. The summed E-state index contributed by atoms with van der Waals surface area (Å²) in [6.07, 6.45) is 4.61. The summed E-state index contributed by atoms with van der Waals surface area (Å²) in [5, 5.41) is 10.0. The third-order valence-electron chi connectivity index (χ3n) is 3.63. The molecule has 0 heterocycles. The Bertz CT molecular complexity index is 196. The minimum Gasteiger partial charge on any atom is -0.390 e. The predicted molar refractivity (Wildman–Crippen MR) is 50.3 cm³/mol. The molecule has 0 radical (unpaired) electrons. The average molecular weight is 204 g/mol. The van der Waals surface area contributed by atoms with Crippen LogP contribution >= 0.6 is 0 Å². The molecule has 2 fully saturated rings. The highest BCUT2D eigenvalue weighted by Crippen LogP contribution is 2.43. The summed E-state index contributed by atoms with van der Waals surface area (Å²) in [4.78, 5) is 0. The van der Waals surface area contributed by atoms with Gasteiger partial charge in [-0.15, -0.1) is 0 Å². The monoisotopic (exact) mass is 204 g/mol. The van der Waals surface area contributed by atoms with Crippen LogP contribution in [-0.4, -0.2) is 16.6 Å². The minimum atomic E-state index is -2.52. The number of hydrogen-bond acceptors (Lipinski definition) is 1. The molecular weight excluding hydrogens is 186 g/mol. The highest BCUT2D eigenvalue weighted by molar-refractivity contribution is 4.90. The van der Waals surface area contributed by atoms with E-state index in [1.54, 1.807) is 0 Å². The molecule has 0 aromatic rings. The fraction of sp³-hybridized carbons (Fsp3) is 1.00. The van der Waals surface area contributed by atoms with Crippen molar-refractivity contribution in [2.75, 3.05) is 0 Å². The quantitative estimate of drug-likeness (QED) is 0.748. The van der Waals surface area contributed by atoms with Crippen molar-refractivity contribution < 1.29 is 13.9 Å². The lowest BCUT2D eigenvalue weighted by Crippen LogP contribution is -2.38. The van der Waals surface area contributed by atoms with Crippen LogP contribution in [0.1, 0.15) is 51.4 Å². The second-order valence-electron chi connectivity index (χ2n) is 5.06. The van der Waals surface area contributed by atoms with Gasteiger partial charge in [0.2, 0.25) is 5.92 Å². The third-order valence-corrected chi connectivity index (χ3v) is 3.63. The Labute approximate surface area is 83.5 Å². The van der Waals surface area contributed by atoms with Gasteiger partial charge in [-0.3, -0.25) is 0 Å². The summed E-state index contributed by atoms with van der Waals surface area (Å²) in [5.74, 6) is -1.74. The van der Waals surface area contributed by atoms with Crippen molar-refractivity contribution in [3.63, 3.8) is 0 Å². The van der Waals surface area contributed by atoms with E-state index in [4.69, 9.17) is 0 Å². The van der Waals surface area contributed by atoms with Crippen LogP contribution in [0.15, 0.2) is 0 Å². The van der Waals surface area contributed by atoms with Gasteiger partial charge in [0, 0.05) is 12.8 Å². The maximum atomic E-state index is 12.8. The highest BCUT2D eigenvalue weighted by Gasteiger charge is 2.42. The van der Waals surface area contributed by atoms with E-state index in [-0.39, 0.29) is 25.7 Å². The van der Waals surface area contributed by atoms with Crippen molar-refractivity contribution in [2.45, 2.75) is 62.9 Å². The standard InChI is InChI=1S/C11H18F2O/c12-11(13)7-5-10(14,6-8-11)4-3-9-1-2-9/h9,14H,1-8H2. The lowest BCUT2D eigenvalue weighted by atomic mass is 9.79. The highest BCUT2D eigenvalue weighted by atomic mass is 19.3. The van der Waals surface area contributed by atoms with Crippen LogP contribution in [0.4, 0.5) is 8.78 Å². The Kier molecular flexibility index (Phi) is 2.54. The predicted octanol–water partition coefficient (Wildman–Crippen LogP) is 3.12. The van der Waals surface area contributed by atoms with Crippen molar-refractivity contribution in [1.82, 2.24) is 0 Å². The van der Waals surface area contributed by atoms with Gasteiger partial charge in [-0.1, -0.05) is 12.8 Å². The molecule has 2 aliphatic rings. The lowest BCUT2D eigenvalue weighted by molar-refractivity contribution is -0.107. The Hall–Kier alpha value is -0.180. The summed E-state index contributed by atoms with van der Waals surface area (Å²) < 4.78 is 25.7. The van der Waals surface area contributed by atoms with E-state index in [1.807, 2.05) is 0 Å². The smallest absolute Gasteiger partial charge is 0.248 e. The molecule has 0 atom stereocenters. The molecule has 2 saturated carbocycles. The van der Waals surface area contributed by atoms with Gasteiger partial charge in [0.25, 0.3) is 0 Å². The normalized spacial score (nSPS) is 30.2. The second kappa shape index (κ2) is 3.44. The number of hydrogen-bond donors (Lipinski definition) is 1. The van der Waals surface area contributed by atoms with Crippen molar-refractivity contribution in [1.29, 1.82) is 0 Å². The summed E-state index contributed by atoms with van der Waals surface area (Å²) in [6.45, 7) is 0. The molecule has 0 aliphatic heterocycles. The maximum absolute atomic E-state index is 12.8. The molecule has 3 heteroatoms. The molecule has 0 saturated heterocycles. The van der Waals surface area contributed by atoms with Gasteiger partial charge in [-0.2, -0.15) is 0 Å². The second-order valence-corrected chi connectivity index (χ2v) is 5.06. The van der Waals surface area contributed by atoms with E-state index in [0.717, 1.165) is 18.8 Å². The van der Waals surface area contributed by atoms with Crippen molar-refractivity contribution in [3.05, 3.63) is 0 Å². The SMILES string of the molecule is OC1(CCC2CC2)CCC(F)(F)CC1. The third kappa shape index (κ3) is 2.66. The van der Waals surface area contributed by atoms with E-state index in [0.29, 0.717) is 0 Å². The molecule has 2 aliphatic carbocycles. The Morgan fingerprint density at radius 2 is 1.64 bits per heavy atom. The van der Waals surface area contributed by atoms with Gasteiger partial charge in [0.1, 0.15) is 0 Å². The van der Waals surface area contributed by atoms with E-state index in [1.165, 1.54) is 12.8 Å². The molecule has 0 unspecified atom stereocenters. The van der Waals surface area contributed by atoms with Crippen molar-refractivity contribution in [3.8, 4) is 0 Å². The van der Waals surface area contributed by atoms with E-state index in [2.05, 4.69) is 0 Å². The molecule has 82 valence electrons. The van der Waals surface area contributed by atoms with Gasteiger partial charge in [0.15, 0.2) is 0 Å². The van der Waals surface area contributed by atoms with E-state index < -0.39 is 11.5 Å². The summed E-state index contributed by atoms with van der Waals surface area (Å²) in [5.41, 5.74) is -0.774. The van der Waals surface area contributed by atoms with Crippen LogP contribution in [-0.2, 0) is 0 Å². The first kappa shape index (κ1) is 10.3. The van der Waals surface area contributed by atoms with Gasteiger partial charge in [-0.05, 0) is 31.6 Å². The maximum Gasteiger partial charge on any atom is 0.248 e. The van der Waals surface area contributed by atoms with Crippen LogP contribution in [0, 0.1) is 5.92 Å². The van der Waals surface area contributed by atoms with Crippen molar-refractivity contribution >= 4 is 0 Å². The first-order chi connectivity index (χ1) is 6.49. The molecule has 0 bridgehead atoms. The molecular formula is C11H18F2O. The van der Waals surface area contributed by atoms with Crippen LogP contribution in [0.3, 0.4) is 0 Å². The summed E-state index contributed by atoms with van der Waals surface area (Å²) >= 11 is 0. The largest absolute Gasteiger partial charge is 0.390 e. The molecule has 2 rings (SSSR count). The first-order valence-corrected chi connectivity index (χ1v) is 5.59. The van der Waals surface area contributed by atoms with Gasteiger partial charge in [0.05, 0.1) is 5.60 Å². The van der Waals surface area contributed by atoms with Gasteiger partial charge in [-0.25, -0.2) is 8.78 Å². The minimum absolute atomic E-state index is 0.131. The number of aliphatic hydroxyl groups is 1. The van der Waals surface area contributed by atoms with E-state index >= 15 is 0 Å². The van der Waals surface area contributed by atoms with Gasteiger partial charge >= 0.3 is 0 Å². The van der Waals surface area contributed by atoms with Crippen LogP contribution in [0.5, 0.6) is 0 Å². The van der Waals surface area contributed by atoms with Crippen LogP contribution < -0.4 is 0 Å². The number of rotatable bonds is 3. The zero-order chi connectivity index (χ0) is 10.2. The molecule has 0 spiro atoms. The van der Waals surface area contributed by atoms with Gasteiger partial charge < -0.3 is 5.11 Å². The molecule has 14 heavy (non-hydrogen) atoms. The summed E-state index contributed by atoms with van der Waals surface area (Å²) in [6, 6.07) is 0. The Balaban J connectivity index is 1.78. The molecule has 1 N–H and O–H groups in total. The zero-order valence-corrected chi connectivity index (χ0v) is 8.44. The first-order valence-electron chi connectivity index (χ1n) is 5.59. The molecule has 1 nitrogen and oxygen atoms in total. The molecule has 0 aromatic heterocycles. The fourth-order valence-corrected chi connectivity index (χ4v) is 2.21. The fourth-order valence-electron chi connectivity index (χ4n) is 2.21. The Morgan fingerprint density at radius 1 is 1.07 bits per heavy atom. The lowest BCUT2D eigenvalue weighted by Gasteiger charge is -2.36. The number of halogens is 2. The molecule has 0 aromatic carbocycles. The average Bonchev–Trinajstić information content (AvgIpc) is 2.92. The van der Waals surface area contributed by atoms with Crippen LogP contribution in [0.25, 0.3) is 0 Å². The number of alkyl halides is 2. The Morgan fingerprint density at radius 3 is 2.14 bits per heavy atom.